The van der Waals surface area contributed by atoms with E-state index < -0.39 is 0 Å². The minimum Gasteiger partial charge on any atom is -0.497 e. The van der Waals surface area contributed by atoms with Crippen LogP contribution in [0, 0.1) is 5.82 Å². The summed E-state index contributed by atoms with van der Waals surface area (Å²) < 4.78 is 42.1. The van der Waals surface area contributed by atoms with E-state index in [0.717, 1.165) is 89.9 Å². The van der Waals surface area contributed by atoms with Crippen LogP contribution in [0.15, 0.2) is 481 Å². The van der Waals surface area contributed by atoms with Gasteiger partial charge in [-0.1, -0.05) is 299 Å². The molecule has 17 heteroatoms. The Labute approximate surface area is 820 Å². The van der Waals surface area contributed by atoms with Crippen LogP contribution in [0.3, 0.4) is 0 Å². The first kappa shape index (κ1) is 91.5. The maximum Gasteiger partial charge on any atom is 0.128 e. The Morgan fingerprint density at radius 2 is 0.537 bits per heavy atom. The monoisotopic (exact) mass is 2010 g/mol. The van der Waals surface area contributed by atoms with Gasteiger partial charge in [0, 0.05) is 150 Å². The predicted octanol–water partition coefficient (Wildman–Crippen LogP) is 37.2. The van der Waals surface area contributed by atoms with Crippen LogP contribution in [0.4, 0.5) is 84.0 Å². The molecule has 23 rings (SSSR count). The highest BCUT2D eigenvalue weighted by Gasteiger charge is 2.24. The molecule has 0 amide bonds. The van der Waals surface area contributed by atoms with Gasteiger partial charge in [0.1, 0.15) is 23.1 Å². The molecule has 0 aliphatic heterocycles. The number of hydrogen-bond donors (Lipinski definition) is 3. The van der Waals surface area contributed by atoms with E-state index in [1.165, 1.54) is 110 Å². The Morgan fingerprint density at radius 3 is 0.933 bits per heavy atom. The van der Waals surface area contributed by atoms with Gasteiger partial charge in [0.2, 0.25) is 0 Å². The van der Waals surface area contributed by atoms with Crippen molar-refractivity contribution in [1.29, 1.82) is 0 Å². The van der Waals surface area contributed by atoms with E-state index in [2.05, 4.69) is 389 Å². The summed E-state index contributed by atoms with van der Waals surface area (Å²) in [5.41, 5.74) is 20.5. The minimum absolute atomic E-state index is 0.300. The summed E-state index contributed by atoms with van der Waals surface area (Å²) in [4.78, 5) is 6.91. The van der Waals surface area contributed by atoms with Gasteiger partial charge < -0.3 is 45.3 Å². The molecule has 0 radical (unpaired) electrons. The molecule has 134 heavy (non-hydrogen) atoms. The van der Waals surface area contributed by atoms with Crippen molar-refractivity contribution >= 4 is 253 Å². The van der Waals surface area contributed by atoms with Crippen molar-refractivity contribution in [2.75, 3.05) is 52.4 Å². The second-order valence-electron chi connectivity index (χ2n) is 30.7. The van der Waals surface area contributed by atoms with Crippen molar-refractivity contribution in [2.45, 2.75) is 0 Å². The Kier molecular flexibility index (Phi) is 30.5. The van der Waals surface area contributed by atoms with Gasteiger partial charge in [0.15, 0.2) is 0 Å². The number of ether oxygens (including phenoxy) is 3. The first-order valence-electron chi connectivity index (χ1n) is 43.3. The average Bonchev–Trinajstić information content (AvgIpc) is 1.61. The molecular weight excluding hydrogens is 1920 g/mol. The average molecular weight is 2020 g/mol. The number of nitrogens with two attached hydrogens (primary N) is 1. The first-order valence-corrected chi connectivity index (χ1v) is 48.9. The van der Waals surface area contributed by atoms with Gasteiger partial charge in [-0.25, -0.2) is 4.39 Å². The molecular formula is C117H90Br3FN6O3S4. The first-order chi connectivity index (χ1) is 65.9. The molecule has 0 saturated carbocycles. The predicted molar refractivity (Wildman–Crippen MR) is 587 cm³/mol. The number of rotatable bonds is 16. The molecule has 0 unspecified atom stereocenters. The molecule has 4 aromatic heterocycles. The summed E-state index contributed by atoms with van der Waals surface area (Å²) in [6.45, 7) is 0. The molecule has 19 aromatic carbocycles. The smallest absolute Gasteiger partial charge is 0.128 e. The number of halogens is 4. The summed E-state index contributed by atoms with van der Waals surface area (Å²) in [5.74, 6) is 1.83. The van der Waals surface area contributed by atoms with Crippen LogP contribution in [-0.4, -0.2) is 21.3 Å². The van der Waals surface area contributed by atoms with Gasteiger partial charge in [-0.2, -0.15) is 0 Å². The summed E-state index contributed by atoms with van der Waals surface area (Å²) in [7, 11) is 4.93. The van der Waals surface area contributed by atoms with E-state index in [1.54, 1.807) is 20.3 Å². The number of fused-ring (bicyclic) bond motifs is 12. The fraction of sp³-hybridized carbons (Fsp3) is 0.0256. The summed E-state index contributed by atoms with van der Waals surface area (Å²) in [5, 5.41) is 17.3. The largest absolute Gasteiger partial charge is 0.497 e. The van der Waals surface area contributed by atoms with Crippen molar-refractivity contribution in [3.8, 4) is 17.2 Å². The molecule has 0 saturated heterocycles. The molecule has 0 fully saturated rings. The number of nitrogens with one attached hydrogen (secondary N) is 2. The van der Waals surface area contributed by atoms with Crippen LogP contribution >= 0.6 is 93.1 Å². The Bertz CT molecular complexity index is 7710. The van der Waals surface area contributed by atoms with Gasteiger partial charge >= 0.3 is 0 Å². The van der Waals surface area contributed by atoms with Crippen LogP contribution in [0.1, 0.15) is 0 Å². The molecule has 0 atom stereocenters. The van der Waals surface area contributed by atoms with Crippen molar-refractivity contribution in [3.63, 3.8) is 0 Å². The van der Waals surface area contributed by atoms with E-state index in [4.69, 9.17) is 19.9 Å². The standard InChI is InChI=1S/C37H28N2OS.C25H18BrNOS.C18H13NS.C12H7BrS.C12H11N.C7H6BrFO.C6H7N/c1-40-32-25-30(38(27-14-5-2-6-15-27)28-16-7-3-8-17-28)24-31(26-32)39(29-18-9-4-10-19-29)35-22-13-21-34-33-20-11-12-23-36(33)41-37(34)35;1-28-20-15-17(26)14-19(16-20)27(18-8-3-2-4-9-18)23-12-7-11-22-21-10-5-6-13-24(21)29-25(22)23;1-2-7-13(8-3-1)19-16-11-6-10-15-14-9-4-5-12-17(14)20-18(15)16;13-10-6-3-5-9-8-4-1-2-7-11(8)14-12(9)10;1-3-7-11(8-4-1)13-12-9-5-2-6-10-12;1-10-7-3-5(8)2-6(9)4-7;7-6-4-2-1-3-5-6/h2-26H,1H3;2-16H,1H3;1-12,19H;1-7H;1-10,13H;2-4H,1H3;1-5H,7H2. The fourth-order valence-corrected chi connectivity index (χ4v) is 21.9. The molecule has 4 heterocycles. The van der Waals surface area contributed by atoms with Crippen molar-refractivity contribution in [1.82, 2.24) is 0 Å². The molecule has 0 spiro atoms. The van der Waals surface area contributed by atoms with Gasteiger partial charge in [0.25, 0.3) is 0 Å². The highest BCUT2D eigenvalue weighted by molar-refractivity contribution is 9.11. The zero-order chi connectivity index (χ0) is 91.9. The number of nitrogens with zero attached hydrogens (tertiary/aromatic N) is 3. The van der Waals surface area contributed by atoms with Crippen molar-refractivity contribution < 1.29 is 18.6 Å². The number of thiophene rings is 4. The second-order valence-corrected chi connectivity index (χ2v) is 37.5. The number of hydrogen-bond acceptors (Lipinski definition) is 13. The molecule has 0 aliphatic rings. The number of para-hydroxylation sites is 8. The lowest BCUT2D eigenvalue weighted by atomic mass is 10.1. The maximum absolute atomic E-state index is 12.5. The summed E-state index contributed by atoms with van der Waals surface area (Å²) >= 11 is 17.7. The van der Waals surface area contributed by atoms with E-state index >= 15 is 0 Å². The topological polar surface area (TPSA) is 87.5 Å². The number of benzene rings is 19. The molecule has 23 aromatic rings. The second kappa shape index (κ2) is 44.7. The Balaban J connectivity index is 0.000000117. The lowest BCUT2D eigenvalue weighted by Gasteiger charge is -2.30. The highest BCUT2D eigenvalue weighted by atomic mass is 79.9. The lowest BCUT2D eigenvalue weighted by Crippen LogP contribution is -2.13. The van der Waals surface area contributed by atoms with Crippen LogP contribution in [-0.2, 0) is 0 Å². The zero-order valence-corrected chi connectivity index (χ0v) is 81.3. The molecule has 0 bridgehead atoms. The Morgan fingerprint density at radius 1 is 0.246 bits per heavy atom. The van der Waals surface area contributed by atoms with Gasteiger partial charge in [-0.3, -0.25) is 0 Å². The number of methoxy groups -OCH3 is 3. The maximum atomic E-state index is 12.5. The van der Waals surface area contributed by atoms with E-state index in [1.807, 2.05) is 179 Å². The van der Waals surface area contributed by atoms with Gasteiger partial charge in [0.05, 0.1) is 69.6 Å². The van der Waals surface area contributed by atoms with Gasteiger partial charge in [-0.15, -0.1) is 45.3 Å². The summed E-state index contributed by atoms with van der Waals surface area (Å²) in [6.07, 6.45) is 0. The third-order valence-corrected chi connectivity index (χ3v) is 28.5. The molecule has 658 valence electrons. The van der Waals surface area contributed by atoms with Crippen molar-refractivity contribution in [3.05, 3.63) is 486 Å². The van der Waals surface area contributed by atoms with Crippen LogP contribution in [0.5, 0.6) is 17.2 Å². The van der Waals surface area contributed by atoms with Crippen LogP contribution < -0.4 is 45.3 Å². The fourth-order valence-electron chi connectivity index (χ4n) is 15.7. The third kappa shape index (κ3) is 22.3. The minimum atomic E-state index is -0.300. The van der Waals surface area contributed by atoms with E-state index in [0.29, 0.717) is 10.2 Å². The SMILES string of the molecule is Brc1cccc2c1sc1ccccc12.COc1cc(Br)cc(N(c2ccccc2)c2cccc3c2sc2ccccc23)c1.COc1cc(F)cc(Br)c1.COc1cc(N(c2ccccc2)c2ccccc2)cc(N(c2ccccc2)c2cccc3c2sc2ccccc23)c1.Nc1ccccc1.c1ccc(Nc2cccc3c2sc2ccccc23)cc1.c1ccc(Nc2ccccc2)cc1. The lowest BCUT2D eigenvalue weighted by molar-refractivity contribution is 0.411. The van der Waals surface area contributed by atoms with Crippen LogP contribution in [0.25, 0.3) is 80.7 Å². The number of nitrogen functional groups attached to an aromatic ring is 1. The third-order valence-electron chi connectivity index (χ3n) is 21.8. The molecule has 0 aliphatic carbocycles. The van der Waals surface area contributed by atoms with E-state index in [-0.39, 0.29) is 5.82 Å². The van der Waals surface area contributed by atoms with Gasteiger partial charge in [-0.05, 0) is 192 Å². The highest BCUT2D eigenvalue weighted by Crippen LogP contribution is 2.50. The molecule has 4 N–H and O–H groups in total. The Hall–Kier alpha value is -14.4. The molecule has 9 nitrogen and oxygen atoms in total. The summed E-state index contributed by atoms with van der Waals surface area (Å²) in [6, 6.07) is 159. The van der Waals surface area contributed by atoms with E-state index in [9.17, 15) is 4.39 Å². The number of anilines is 14. The zero-order valence-electron chi connectivity index (χ0n) is 73.2. The quantitative estimate of drug-likeness (QED) is 0.0819. The normalized spacial score (nSPS) is 10.7. The van der Waals surface area contributed by atoms with Crippen molar-refractivity contribution in [2.24, 2.45) is 0 Å². The van der Waals surface area contributed by atoms with Crippen LogP contribution in [0.2, 0.25) is 0 Å².